The van der Waals surface area contributed by atoms with Gasteiger partial charge >= 0.3 is 0 Å². The van der Waals surface area contributed by atoms with Gasteiger partial charge in [0.2, 0.25) is 0 Å². The summed E-state index contributed by atoms with van der Waals surface area (Å²) < 4.78 is 49.9. The third kappa shape index (κ3) is 2.08. The van der Waals surface area contributed by atoms with Crippen LogP contribution in [0.2, 0.25) is 0 Å². The lowest BCUT2D eigenvalue weighted by Crippen LogP contribution is -2.37. The SMILES string of the molecule is O=S1(=O)CC2NC(=S)N(c3ccc(F)cc3F)C2C1. The van der Waals surface area contributed by atoms with Gasteiger partial charge in [0.05, 0.1) is 29.3 Å². The van der Waals surface area contributed by atoms with E-state index in [9.17, 15) is 17.2 Å². The van der Waals surface area contributed by atoms with Crippen LogP contribution in [0.25, 0.3) is 0 Å². The molecule has 19 heavy (non-hydrogen) atoms. The first kappa shape index (κ1) is 12.7. The van der Waals surface area contributed by atoms with E-state index < -0.39 is 27.5 Å². The molecule has 1 N–H and O–H groups in total. The van der Waals surface area contributed by atoms with Gasteiger partial charge in [0.15, 0.2) is 14.9 Å². The Morgan fingerprint density at radius 3 is 2.74 bits per heavy atom. The van der Waals surface area contributed by atoms with E-state index >= 15 is 0 Å². The number of hydrogen-bond acceptors (Lipinski definition) is 3. The van der Waals surface area contributed by atoms with E-state index in [4.69, 9.17) is 12.2 Å². The van der Waals surface area contributed by atoms with Crippen LogP contribution in [0, 0.1) is 11.6 Å². The second kappa shape index (κ2) is 4.11. The second-order valence-corrected chi connectivity index (χ2v) is 7.21. The smallest absolute Gasteiger partial charge is 0.174 e. The van der Waals surface area contributed by atoms with E-state index in [1.165, 1.54) is 11.0 Å². The molecule has 3 rings (SSSR count). The maximum atomic E-state index is 13.8. The van der Waals surface area contributed by atoms with Crippen LogP contribution in [0.4, 0.5) is 14.5 Å². The first-order valence-corrected chi connectivity index (χ1v) is 7.85. The van der Waals surface area contributed by atoms with Crippen LogP contribution in [-0.2, 0) is 9.84 Å². The zero-order valence-corrected chi connectivity index (χ0v) is 11.3. The molecule has 4 nitrogen and oxygen atoms in total. The molecule has 0 aromatic heterocycles. The molecular weight excluding hydrogens is 294 g/mol. The Balaban J connectivity index is 2.02. The fraction of sp³-hybridized carbons (Fsp3) is 0.364. The van der Waals surface area contributed by atoms with Crippen molar-refractivity contribution in [3.63, 3.8) is 0 Å². The predicted octanol–water partition coefficient (Wildman–Crippen LogP) is 0.825. The Morgan fingerprint density at radius 1 is 1.32 bits per heavy atom. The predicted molar refractivity (Wildman–Crippen MR) is 70.8 cm³/mol. The number of nitrogens with zero attached hydrogens (tertiary/aromatic N) is 1. The van der Waals surface area contributed by atoms with Gasteiger partial charge in [-0.1, -0.05) is 0 Å². The lowest BCUT2D eigenvalue weighted by atomic mass is 10.1. The van der Waals surface area contributed by atoms with Crippen LogP contribution >= 0.6 is 12.2 Å². The highest BCUT2D eigenvalue weighted by molar-refractivity contribution is 7.91. The normalized spacial score (nSPS) is 28.3. The minimum Gasteiger partial charge on any atom is -0.356 e. The summed E-state index contributed by atoms with van der Waals surface area (Å²) in [6.07, 6.45) is 0. The molecule has 0 spiro atoms. The molecule has 1 aromatic rings. The Kier molecular flexibility index (Phi) is 2.75. The van der Waals surface area contributed by atoms with Crippen LogP contribution in [-0.4, -0.2) is 37.1 Å². The van der Waals surface area contributed by atoms with Gasteiger partial charge in [-0.15, -0.1) is 0 Å². The maximum Gasteiger partial charge on any atom is 0.174 e. The molecular formula is C11H10F2N2O2S2. The van der Waals surface area contributed by atoms with Crippen LogP contribution in [0.5, 0.6) is 0 Å². The monoisotopic (exact) mass is 304 g/mol. The van der Waals surface area contributed by atoms with Gasteiger partial charge in [-0.05, 0) is 24.4 Å². The molecule has 2 fully saturated rings. The summed E-state index contributed by atoms with van der Waals surface area (Å²) in [6, 6.07) is 2.39. The average Bonchev–Trinajstić information content (AvgIpc) is 2.70. The molecule has 0 radical (unpaired) electrons. The quantitative estimate of drug-likeness (QED) is 0.779. The number of sulfone groups is 1. The number of halogens is 2. The van der Waals surface area contributed by atoms with Gasteiger partial charge in [0.1, 0.15) is 11.6 Å². The summed E-state index contributed by atoms with van der Waals surface area (Å²) >= 11 is 5.10. The van der Waals surface area contributed by atoms with Gasteiger partial charge < -0.3 is 10.2 Å². The number of anilines is 1. The minimum absolute atomic E-state index is 0.0167. The van der Waals surface area contributed by atoms with Crippen LogP contribution in [0.1, 0.15) is 0 Å². The van der Waals surface area contributed by atoms with Crippen molar-refractivity contribution in [1.82, 2.24) is 5.32 Å². The van der Waals surface area contributed by atoms with E-state index in [2.05, 4.69) is 5.32 Å². The Bertz CT molecular complexity index is 663. The summed E-state index contributed by atoms with van der Waals surface area (Å²) in [5.41, 5.74) is 0.100. The number of fused-ring (bicyclic) bond motifs is 1. The summed E-state index contributed by atoms with van der Waals surface area (Å²) in [5.74, 6) is -1.54. The molecule has 0 saturated carbocycles. The highest BCUT2D eigenvalue weighted by Gasteiger charge is 2.48. The zero-order chi connectivity index (χ0) is 13.8. The summed E-state index contributed by atoms with van der Waals surface area (Å²) in [6.45, 7) is 0. The number of thiocarbonyl (C=S) groups is 1. The Labute approximate surface area is 114 Å². The van der Waals surface area contributed by atoms with E-state index in [1.54, 1.807) is 0 Å². The standard InChI is InChI=1S/C11H10F2N2O2S2/c12-6-1-2-9(7(13)3-6)15-10-5-19(16,17)4-8(10)14-11(15)18/h1-3,8,10H,4-5H2,(H,14,18). The number of nitrogens with one attached hydrogen (secondary N) is 1. The summed E-state index contributed by atoms with van der Waals surface area (Å²) in [5, 5.41) is 3.15. The van der Waals surface area contributed by atoms with Gasteiger partial charge in [0.25, 0.3) is 0 Å². The summed E-state index contributed by atoms with van der Waals surface area (Å²) in [7, 11) is -3.15. The first-order valence-electron chi connectivity index (χ1n) is 5.62. The maximum absolute atomic E-state index is 13.8. The van der Waals surface area contributed by atoms with E-state index in [-0.39, 0.29) is 28.3 Å². The molecule has 0 amide bonds. The van der Waals surface area contributed by atoms with Gasteiger partial charge in [-0.2, -0.15) is 0 Å². The van der Waals surface area contributed by atoms with E-state index in [0.717, 1.165) is 12.1 Å². The largest absolute Gasteiger partial charge is 0.356 e. The topological polar surface area (TPSA) is 49.4 Å². The molecule has 0 bridgehead atoms. The number of hydrogen-bond donors (Lipinski definition) is 1. The van der Waals surface area contributed by atoms with Crippen molar-refractivity contribution in [2.24, 2.45) is 0 Å². The molecule has 2 unspecified atom stereocenters. The van der Waals surface area contributed by atoms with Crippen molar-refractivity contribution in [3.8, 4) is 0 Å². The fourth-order valence-electron chi connectivity index (χ4n) is 2.56. The van der Waals surface area contributed by atoms with Gasteiger partial charge in [0, 0.05) is 6.07 Å². The van der Waals surface area contributed by atoms with Crippen molar-refractivity contribution in [2.75, 3.05) is 16.4 Å². The minimum atomic E-state index is -3.15. The fourth-order valence-corrected chi connectivity index (χ4v) is 4.84. The molecule has 2 heterocycles. The molecule has 0 aliphatic carbocycles. The van der Waals surface area contributed by atoms with E-state index in [0.29, 0.717) is 0 Å². The van der Waals surface area contributed by atoms with Crippen molar-refractivity contribution >= 4 is 32.9 Å². The molecule has 1 aromatic carbocycles. The van der Waals surface area contributed by atoms with Crippen LogP contribution in [0.3, 0.4) is 0 Å². The number of rotatable bonds is 1. The van der Waals surface area contributed by atoms with Crippen LogP contribution < -0.4 is 10.2 Å². The van der Waals surface area contributed by atoms with Crippen LogP contribution in [0.15, 0.2) is 18.2 Å². The van der Waals surface area contributed by atoms with Crippen molar-refractivity contribution in [3.05, 3.63) is 29.8 Å². The molecule has 2 aliphatic rings. The highest BCUT2D eigenvalue weighted by Crippen LogP contribution is 2.31. The lowest BCUT2D eigenvalue weighted by molar-refractivity contribution is 0.577. The van der Waals surface area contributed by atoms with Gasteiger partial charge in [-0.3, -0.25) is 0 Å². The molecule has 2 saturated heterocycles. The molecule has 2 atom stereocenters. The Hall–Kier alpha value is -1.28. The van der Waals surface area contributed by atoms with Crippen molar-refractivity contribution in [2.45, 2.75) is 12.1 Å². The average molecular weight is 304 g/mol. The second-order valence-electron chi connectivity index (χ2n) is 4.67. The van der Waals surface area contributed by atoms with Gasteiger partial charge in [-0.25, -0.2) is 17.2 Å². The molecule has 8 heteroatoms. The van der Waals surface area contributed by atoms with Crippen molar-refractivity contribution in [1.29, 1.82) is 0 Å². The highest BCUT2D eigenvalue weighted by atomic mass is 32.2. The summed E-state index contributed by atoms with van der Waals surface area (Å²) in [4.78, 5) is 1.43. The van der Waals surface area contributed by atoms with Crippen molar-refractivity contribution < 1.29 is 17.2 Å². The third-order valence-electron chi connectivity index (χ3n) is 3.35. The lowest BCUT2D eigenvalue weighted by Gasteiger charge is -2.23. The zero-order valence-electron chi connectivity index (χ0n) is 9.64. The molecule has 102 valence electrons. The molecule has 2 aliphatic heterocycles. The Morgan fingerprint density at radius 2 is 2.05 bits per heavy atom. The number of benzene rings is 1. The van der Waals surface area contributed by atoms with E-state index in [1.807, 2.05) is 0 Å². The first-order chi connectivity index (χ1) is 8.87. The third-order valence-corrected chi connectivity index (χ3v) is 5.38.